The van der Waals surface area contributed by atoms with Crippen LogP contribution < -0.4 is 0 Å². The second-order valence-corrected chi connectivity index (χ2v) is 16.0. The van der Waals surface area contributed by atoms with E-state index < -0.39 is 0 Å². The highest BCUT2D eigenvalue weighted by Gasteiger charge is 2.36. The molecule has 0 atom stereocenters. The molecular formula is C51H34N2S. The fourth-order valence-electron chi connectivity index (χ4n) is 8.81. The van der Waals surface area contributed by atoms with Crippen LogP contribution in [0.15, 0.2) is 170 Å². The van der Waals surface area contributed by atoms with Crippen LogP contribution in [-0.4, -0.2) is 9.97 Å². The van der Waals surface area contributed by atoms with Gasteiger partial charge < -0.3 is 0 Å². The molecule has 1 aliphatic carbocycles. The molecule has 0 saturated carbocycles. The maximum atomic E-state index is 5.29. The largest absolute Gasteiger partial charge is 0.228 e. The van der Waals surface area contributed by atoms with Crippen LogP contribution in [0.5, 0.6) is 0 Å². The normalized spacial score (nSPS) is 13.1. The maximum Gasteiger partial charge on any atom is 0.160 e. The molecule has 0 unspecified atom stereocenters. The zero-order valence-corrected chi connectivity index (χ0v) is 30.8. The first-order valence-corrected chi connectivity index (χ1v) is 19.4. The van der Waals surface area contributed by atoms with Crippen LogP contribution in [-0.2, 0) is 5.41 Å². The van der Waals surface area contributed by atoms with Crippen molar-refractivity contribution in [3.05, 3.63) is 181 Å². The Bertz CT molecular complexity index is 3130. The predicted molar refractivity (Wildman–Crippen MR) is 229 cm³/mol. The minimum Gasteiger partial charge on any atom is -0.228 e. The van der Waals surface area contributed by atoms with E-state index in [0.29, 0.717) is 0 Å². The van der Waals surface area contributed by atoms with Gasteiger partial charge in [0.25, 0.3) is 0 Å². The van der Waals surface area contributed by atoms with Gasteiger partial charge in [0.2, 0.25) is 0 Å². The molecular weight excluding hydrogens is 673 g/mol. The van der Waals surface area contributed by atoms with E-state index in [4.69, 9.17) is 9.97 Å². The van der Waals surface area contributed by atoms with Gasteiger partial charge in [0, 0.05) is 42.3 Å². The number of benzene rings is 8. The van der Waals surface area contributed by atoms with E-state index >= 15 is 0 Å². The fourth-order valence-corrected chi connectivity index (χ4v) is 9.94. The highest BCUT2D eigenvalue weighted by Crippen LogP contribution is 2.51. The zero-order chi connectivity index (χ0) is 36.0. The SMILES string of the molecule is CC1(C)c2ccc(-c3ccc(-c4cc(-c5cccc6sc7ccccc7c56)nc(-c5ccccc5)n4)c4ccccc34)cc2-c2cc3ccccc3cc21. The van der Waals surface area contributed by atoms with Gasteiger partial charge in [0.05, 0.1) is 11.4 Å². The van der Waals surface area contributed by atoms with Gasteiger partial charge in [-0.1, -0.05) is 147 Å². The molecule has 2 heterocycles. The molecule has 1 aliphatic rings. The molecule has 2 nitrogen and oxygen atoms in total. The molecule has 11 rings (SSSR count). The molecule has 0 aliphatic heterocycles. The van der Waals surface area contributed by atoms with Crippen LogP contribution >= 0.6 is 11.3 Å². The van der Waals surface area contributed by atoms with E-state index in [-0.39, 0.29) is 5.41 Å². The maximum absolute atomic E-state index is 5.29. The lowest BCUT2D eigenvalue weighted by atomic mass is 9.81. The van der Waals surface area contributed by atoms with Crippen LogP contribution in [0, 0.1) is 0 Å². The highest BCUT2D eigenvalue weighted by atomic mass is 32.1. The number of nitrogens with zero attached hydrogens (tertiary/aromatic N) is 2. The van der Waals surface area contributed by atoms with Crippen LogP contribution in [0.4, 0.5) is 0 Å². The molecule has 10 aromatic rings. The highest BCUT2D eigenvalue weighted by molar-refractivity contribution is 7.25. The van der Waals surface area contributed by atoms with Gasteiger partial charge >= 0.3 is 0 Å². The average molecular weight is 707 g/mol. The fraction of sp³-hybridized carbons (Fsp3) is 0.0588. The molecule has 0 N–H and O–H groups in total. The number of hydrogen-bond acceptors (Lipinski definition) is 3. The van der Waals surface area contributed by atoms with Crippen LogP contribution in [0.25, 0.3) is 97.9 Å². The van der Waals surface area contributed by atoms with E-state index in [0.717, 1.165) is 33.9 Å². The summed E-state index contributed by atoms with van der Waals surface area (Å²) in [6.07, 6.45) is 0. The van der Waals surface area contributed by atoms with Crippen molar-refractivity contribution in [3.63, 3.8) is 0 Å². The third-order valence-electron chi connectivity index (χ3n) is 11.5. The van der Waals surface area contributed by atoms with Crippen LogP contribution in [0.3, 0.4) is 0 Å². The van der Waals surface area contributed by atoms with Gasteiger partial charge in [-0.3, -0.25) is 0 Å². The lowest BCUT2D eigenvalue weighted by molar-refractivity contribution is 0.661. The summed E-state index contributed by atoms with van der Waals surface area (Å²) in [6.45, 7) is 4.72. The Morgan fingerprint density at radius 2 is 1.04 bits per heavy atom. The Balaban J connectivity index is 1.10. The first-order chi connectivity index (χ1) is 26.5. The molecule has 54 heavy (non-hydrogen) atoms. The average Bonchev–Trinajstić information content (AvgIpc) is 3.71. The lowest BCUT2D eigenvalue weighted by Crippen LogP contribution is -2.14. The lowest BCUT2D eigenvalue weighted by Gasteiger charge is -2.22. The van der Waals surface area contributed by atoms with Gasteiger partial charge in [-0.15, -0.1) is 11.3 Å². The monoisotopic (exact) mass is 706 g/mol. The van der Waals surface area contributed by atoms with Crippen molar-refractivity contribution in [2.45, 2.75) is 19.3 Å². The number of thiophene rings is 1. The molecule has 254 valence electrons. The van der Waals surface area contributed by atoms with E-state index in [1.54, 1.807) is 0 Å². The van der Waals surface area contributed by atoms with Gasteiger partial charge in [-0.05, 0) is 91.3 Å². The van der Waals surface area contributed by atoms with Gasteiger partial charge in [0.15, 0.2) is 5.82 Å². The minimum absolute atomic E-state index is 0.0695. The summed E-state index contributed by atoms with van der Waals surface area (Å²) in [7, 11) is 0. The number of fused-ring (bicyclic) bond motifs is 8. The predicted octanol–water partition coefficient (Wildman–Crippen LogP) is 14.1. The van der Waals surface area contributed by atoms with E-state index in [9.17, 15) is 0 Å². The van der Waals surface area contributed by atoms with E-state index in [2.05, 4.69) is 178 Å². The Morgan fingerprint density at radius 3 is 1.85 bits per heavy atom. The van der Waals surface area contributed by atoms with E-state index in [1.807, 2.05) is 17.4 Å². The van der Waals surface area contributed by atoms with E-state index in [1.165, 1.54) is 75.1 Å². The Kier molecular flexibility index (Phi) is 6.80. The number of aromatic nitrogens is 2. The summed E-state index contributed by atoms with van der Waals surface area (Å²) in [4.78, 5) is 10.5. The standard InChI is InChI=1S/C51H34N2S/c1-51(2)43-26-23-34(28-41(43)42-27-32-15-6-7-16-33(32)29-44(42)51)35-24-25-38(37-18-9-8-17-36(35)37)45-30-46(53-50(52-45)31-13-4-3-5-14-31)39-20-12-22-48-49(39)40-19-10-11-21-47(40)54-48/h3-30H,1-2H3. The summed E-state index contributed by atoms with van der Waals surface area (Å²) >= 11 is 1.83. The molecule has 0 saturated heterocycles. The quantitative estimate of drug-likeness (QED) is 0.182. The topological polar surface area (TPSA) is 25.8 Å². The van der Waals surface area contributed by atoms with Crippen molar-refractivity contribution in [2.24, 2.45) is 0 Å². The van der Waals surface area contributed by atoms with Crippen LogP contribution in [0.1, 0.15) is 25.0 Å². The van der Waals surface area contributed by atoms with Gasteiger partial charge in [-0.25, -0.2) is 9.97 Å². The van der Waals surface area contributed by atoms with Gasteiger partial charge in [0.1, 0.15) is 0 Å². The number of hydrogen-bond donors (Lipinski definition) is 0. The second kappa shape index (κ2) is 11.8. The summed E-state index contributed by atoms with van der Waals surface area (Å²) in [5.41, 5.74) is 12.9. The summed E-state index contributed by atoms with van der Waals surface area (Å²) in [5, 5.41) is 7.46. The summed E-state index contributed by atoms with van der Waals surface area (Å²) in [6, 6.07) is 61.7. The first kappa shape index (κ1) is 31.1. The first-order valence-electron chi connectivity index (χ1n) is 18.6. The van der Waals surface area contributed by atoms with Crippen molar-refractivity contribution in [1.82, 2.24) is 9.97 Å². The van der Waals surface area contributed by atoms with Crippen molar-refractivity contribution >= 4 is 53.1 Å². The van der Waals surface area contributed by atoms with Crippen molar-refractivity contribution in [2.75, 3.05) is 0 Å². The molecule has 8 aromatic carbocycles. The van der Waals surface area contributed by atoms with Crippen molar-refractivity contribution < 1.29 is 0 Å². The second-order valence-electron chi connectivity index (χ2n) is 14.9. The number of rotatable bonds is 4. The van der Waals surface area contributed by atoms with Crippen molar-refractivity contribution in [1.29, 1.82) is 0 Å². The summed E-state index contributed by atoms with van der Waals surface area (Å²) < 4.78 is 2.55. The molecule has 0 fully saturated rings. The van der Waals surface area contributed by atoms with Crippen LogP contribution in [0.2, 0.25) is 0 Å². The third-order valence-corrected chi connectivity index (χ3v) is 12.6. The summed E-state index contributed by atoms with van der Waals surface area (Å²) in [5.74, 6) is 0.722. The Labute approximate surface area is 318 Å². The Hall–Kier alpha value is -6.42. The minimum atomic E-state index is -0.0695. The third kappa shape index (κ3) is 4.72. The van der Waals surface area contributed by atoms with Gasteiger partial charge in [-0.2, -0.15) is 0 Å². The van der Waals surface area contributed by atoms with Crippen molar-refractivity contribution in [3.8, 4) is 56.2 Å². The molecule has 0 radical (unpaired) electrons. The molecule has 0 bridgehead atoms. The molecule has 3 heteroatoms. The molecule has 0 spiro atoms. The smallest absolute Gasteiger partial charge is 0.160 e. The zero-order valence-electron chi connectivity index (χ0n) is 30.0. The Morgan fingerprint density at radius 1 is 0.407 bits per heavy atom. The molecule has 2 aromatic heterocycles. The molecule has 0 amide bonds.